The summed E-state index contributed by atoms with van der Waals surface area (Å²) in [5.41, 5.74) is 7.71. The van der Waals surface area contributed by atoms with Crippen molar-refractivity contribution in [3.63, 3.8) is 0 Å². The van der Waals surface area contributed by atoms with Gasteiger partial charge in [-0.1, -0.05) is 19.3 Å². The Kier molecular flexibility index (Phi) is 3.44. The molecule has 1 aromatic rings. The van der Waals surface area contributed by atoms with Crippen LogP contribution in [0.4, 0.5) is 11.4 Å². The summed E-state index contributed by atoms with van der Waals surface area (Å²) in [4.78, 5) is 15.7. The maximum atomic E-state index is 12.5. The lowest BCUT2D eigenvalue weighted by Crippen LogP contribution is -2.47. The van der Waals surface area contributed by atoms with Gasteiger partial charge in [0.05, 0.1) is 10.9 Å². The largest absolute Gasteiger partial charge is 0.399 e. The minimum atomic E-state index is -0.00349. The van der Waals surface area contributed by atoms with Gasteiger partial charge in [-0.2, -0.15) is 0 Å². The lowest BCUT2D eigenvalue weighted by molar-refractivity contribution is -0.118. The summed E-state index contributed by atoms with van der Waals surface area (Å²) in [5, 5.41) is -0.00349. The van der Waals surface area contributed by atoms with Gasteiger partial charge >= 0.3 is 0 Å². The zero-order valence-electron chi connectivity index (χ0n) is 11.3. The Morgan fingerprint density at radius 3 is 2.74 bits per heavy atom. The van der Waals surface area contributed by atoms with E-state index in [-0.39, 0.29) is 11.2 Å². The van der Waals surface area contributed by atoms with E-state index in [1.807, 2.05) is 25.1 Å². The fourth-order valence-electron chi connectivity index (χ4n) is 3.10. The highest BCUT2D eigenvalue weighted by atomic mass is 32.2. The molecule has 19 heavy (non-hydrogen) atoms. The second kappa shape index (κ2) is 5.08. The monoisotopic (exact) mass is 276 g/mol. The summed E-state index contributed by atoms with van der Waals surface area (Å²) < 4.78 is 0. The number of fused-ring (bicyclic) bond motifs is 1. The quantitative estimate of drug-likeness (QED) is 0.799. The normalized spacial score (nSPS) is 24.4. The van der Waals surface area contributed by atoms with Gasteiger partial charge in [0.2, 0.25) is 5.91 Å². The Morgan fingerprint density at radius 1 is 1.26 bits per heavy atom. The number of benzene rings is 1. The summed E-state index contributed by atoms with van der Waals surface area (Å²) >= 11 is 1.63. The summed E-state index contributed by atoms with van der Waals surface area (Å²) in [6.07, 6.45) is 6.04. The van der Waals surface area contributed by atoms with Crippen molar-refractivity contribution in [1.82, 2.24) is 0 Å². The van der Waals surface area contributed by atoms with Crippen molar-refractivity contribution in [2.75, 3.05) is 10.6 Å². The number of rotatable bonds is 1. The predicted molar refractivity (Wildman–Crippen MR) is 80.5 cm³/mol. The van der Waals surface area contributed by atoms with E-state index in [9.17, 15) is 4.79 Å². The predicted octanol–water partition coefficient (Wildman–Crippen LogP) is 3.43. The first-order valence-electron chi connectivity index (χ1n) is 7.06. The molecule has 1 aromatic carbocycles. The highest BCUT2D eigenvalue weighted by Crippen LogP contribution is 2.42. The molecule has 1 saturated carbocycles. The van der Waals surface area contributed by atoms with Crippen LogP contribution in [0, 0.1) is 0 Å². The number of carbonyl (C=O) groups excluding carboxylic acids is 1. The number of carbonyl (C=O) groups is 1. The molecule has 1 fully saturated rings. The molecule has 1 unspecified atom stereocenters. The maximum Gasteiger partial charge on any atom is 0.240 e. The average molecular weight is 276 g/mol. The molecule has 3 nitrogen and oxygen atoms in total. The van der Waals surface area contributed by atoms with E-state index in [0.717, 1.165) is 29.1 Å². The molecule has 1 atom stereocenters. The molecule has 2 N–H and O–H groups in total. The number of hydrogen-bond donors (Lipinski definition) is 1. The third kappa shape index (κ3) is 2.34. The molecule has 0 aromatic heterocycles. The highest BCUT2D eigenvalue weighted by molar-refractivity contribution is 8.01. The van der Waals surface area contributed by atoms with Crippen LogP contribution >= 0.6 is 11.8 Å². The van der Waals surface area contributed by atoms with Crippen LogP contribution in [0.3, 0.4) is 0 Å². The van der Waals surface area contributed by atoms with E-state index in [4.69, 9.17) is 5.73 Å². The SMILES string of the molecule is CC1Sc2cc(N)ccc2N(C2CCCCC2)C1=O. The van der Waals surface area contributed by atoms with Crippen LogP contribution in [0.2, 0.25) is 0 Å². The molecule has 0 radical (unpaired) electrons. The van der Waals surface area contributed by atoms with E-state index in [1.54, 1.807) is 11.8 Å². The third-order valence-electron chi connectivity index (χ3n) is 4.07. The molecule has 4 heteroatoms. The molecular formula is C15H20N2OS. The Hall–Kier alpha value is -1.16. The molecule has 3 rings (SSSR count). The maximum absolute atomic E-state index is 12.5. The standard InChI is InChI=1S/C15H20N2OS/c1-10-15(18)17(12-5-3-2-4-6-12)13-8-7-11(16)9-14(13)19-10/h7-10,12H,2-6,16H2,1H3. The molecule has 1 aliphatic heterocycles. The van der Waals surface area contributed by atoms with Crippen LogP contribution in [0.15, 0.2) is 23.1 Å². The number of nitrogens with two attached hydrogens (primary N) is 1. The van der Waals surface area contributed by atoms with Crippen LogP contribution in [-0.2, 0) is 4.79 Å². The second-order valence-corrected chi connectivity index (χ2v) is 6.87. The first kappa shape index (κ1) is 12.9. The lowest BCUT2D eigenvalue weighted by Gasteiger charge is -2.39. The number of nitrogen functional groups attached to an aromatic ring is 1. The fraction of sp³-hybridized carbons (Fsp3) is 0.533. The van der Waals surface area contributed by atoms with Crippen molar-refractivity contribution >= 4 is 29.0 Å². The molecular weight excluding hydrogens is 256 g/mol. The molecule has 0 bridgehead atoms. The van der Waals surface area contributed by atoms with Crippen molar-refractivity contribution < 1.29 is 4.79 Å². The van der Waals surface area contributed by atoms with Crippen molar-refractivity contribution in [3.05, 3.63) is 18.2 Å². The van der Waals surface area contributed by atoms with Crippen molar-refractivity contribution in [3.8, 4) is 0 Å². The van der Waals surface area contributed by atoms with Gasteiger partial charge in [-0.15, -0.1) is 11.8 Å². The molecule has 2 aliphatic rings. The average Bonchev–Trinajstić information content (AvgIpc) is 2.41. The number of hydrogen-bond acceptors (Lipinski definition) is 3. The van der Waals surface area contributed by atoms with Crippen LogP contribution in [-0.4, -0.2) is 17.2 Å². The van der Waals surface area contributed by atoms with Gasteiger partial charge in [0.25, 0.3) is 0 Å². The minimum absolute atomic E-state index is 0.00349. The molecule has 1 aliphatic carbocycles. The van der Waals surface area contributed by atoms with E-state index in [0.29, 0.717) is 6.04 Å². The molecule has 0 saturated heterocycles. The van der Waals surface area contributed by atoms with Crippen LogP contribution in [0.1, 0.15) is 39.0 Å². The third-order valence-corrected chi connectivity index (χ3v) is 5.21. The topological polar surface area (TPSA) is 46.3 Å². The van der Waals surface area contributed by atoms with Crippen LogP contribution < -0.4 is 10.6 Å². The van der Waals surface area contributed by atoms with Gasteiger partial charge in [0, 0.05) is 16.6 Å². The highest BCUT2D eigenvalue weighted by Gasteiger charge is 2.35. The van der Waals surface area contributed by atoms with Gasteiger partial charge in [-0.05, 0) is 38.0 Å². The Bertz CT molecular complexity index is 497. The first-order chi connectivity index (χ1) is 9.16. The second-order valence-electron chi connectivity index (χ2n) is 5.49. The zero-order chi connectivity index (χ0) is 13.4. The summed E-state index contributed by atoms with van der Waals surface area (Å²) in [5.74, 6) is 0.258. The number of amides is 1. The van der Waals surface area contributed by atoms with Gasteiger partial charge < -0.3 is 10.6 Å². The van der Waals surface area contributed by atoms with Crippen molar-refractivity contribution in [2.24, 2.45) is 0 Å². The lowest BCUT2D eigenvalue weighted by atomic mass is 9.93. The fourth-order valence-corrected chi connectivity index (χ4v) is 4.18. The Balaban J connectivity index is 1.99. The Morgan fingerprint density at radius 2 is 2.00 bits per heavy atom. The van der Waals surface area contributed by atoms with Crippen LogP contribution in [0.25, 0.3) is 0 Å². The molecule has 1 heterocycles. The van der Waals surface area contributed by atoms with E-state index < -0.39 is 0 Å². The van der Waals surface area contributed by atoms with E-state index in [1.165, 1.54) is 19.3 Å². The summed E-state index contributed by atoms with van der Waals surface area (Å²) in [6, 6.07) is 6.29. The number of nitrogens with zero attached hydrogens (tertiary/aromatic N) is 1. The Labute approximate surface area is 118 Å². The van der Waals surface area contributed by atoms with Crippen molar-refractivity contribution in [2.45, 2.75) is 55.2 Å². The zero-order valence-corrected chi connectivity index (χ0v) is 12.1. The first-order valence-corrected chi connectivity index (χ1v) is 7.94. The minimum Gasteiger partial charge on any atom is -0.399 e. The summed E-state index contributed by atoms with van der Waals surface area (Å²) in [6.45, 7) is 1.99. The van der Waals surface area contributed by atoms with Gasteiger partial charge in [0.15, 0.2) is 0 Å². The van der Waals surface area contributed by atoms with Gasteiger partial charge in [-0.3, -0.25) is 4.79 Å². The summed E-state index contributed by atoms with van der Waals surface area (Å²) in [7, 11) is 0. The van der Waals surface area contributed by atoms with E-state index >= 15 is 0 Å². The van der Waals surface area contributed by atoms with Crippen LogP contribution in [0.5, 0.6) is 0 Å². The van der Waals surface area contributed by atoms with Gasteiger partial charge in [0.1, 0.15) is 0 Å². The molecule has 1 amide bonds. The van der Waals surface area contributed by atoms with E-state index in [2.05, 4.69) is 4.90 Å². The molecule has 102 valence electrons. The number of thioether (sulfide) groups is 1. The van der Waals surface area contributed by atoms with Crippen molar-refractivity contribution in [1.29, 1.82) is 0 Å². The number of anilines is 2. The molecule has 0 spiro atoms. The smallest absolute Gasteiger partial charge is 0.240 e. The van der Waals surface area contributed by atoms with Gasteiger partial charge in [-0.25, -0.2) is 0 Å².